The molecule has 0 aromatic carbocycles. The predicted molar refractivity (Wildman–Crippen MR) is 359 cm³/mol. The van der Waals surface area contributed by atoms with Gasteiger partial charge in [-0.1, -0.05) is 127 Å². The van der Waals surface area contributed by atoms with E-state index in [9.17, 15) is 34.2 Å². The fourth-order valence-corrected chi connectivity index (χ4v) is 12.4. The number of nitrogens with one attached hydrogen (secondary N) is 4. The van der Waals surface area contributed by atoms with Gasteiger partial charge in [-0.3, -0.25) is 52.7 Å². The van der Waals surface area contributed by atoms with E-state index >= 15 is 28.8 Å². The Bertz CT molecular complexity index is 2710. The number of thioether (sulfide) groups is 1. The molecule has 0 aliphatic carbocycles. The van der Waals surface area contributed by atoms with Gasteiger partial charge in [-0.15, -0.1) is 0 Å². The third-order valence-electron chi connectivity index (χ3n) is 17.1. The lowest BCUT2D eigenvalue weighted by Gasteiger charge is -2.41. The molecule has 0 radical (unpaired) electrons. The second-order valence-electron chi connectivity index (χ2n) is 27.4. The zero-order valence-corrected chi connectivity index (χ0v) is 60.6. The summed E-state index contributed by atoms with van der Waals surface area (Å²) in [6, 6.07) is -8.55. The first kappa shape index (κ1) is 82.4. The van der Waals surface area contributed by atoms with E-state index in [1.165, 1.54) is 82.1 Å². The summed E-state index contributed by atoms with van der Waals surface area (Å²) in [5.41, 5.74) is 0. The van der Waals surface area contributed by atoms with Gasteiger partial charge in [0.1, 0.15) is 60.4 Å². The van der Waals surface area contributed by atoms with Gasteiger partial charge in [0, 0.05) is 55.5 Å². The number of pyridine rings is 1. The summed E-state index contributed by atoms with van der Waals surface area (Å²) in [5, 5.41) is 32.8. The van der Waals surface area contributed by atoms with E-state index in [0.29, 0.717) is 5.03 Å². The van der Waals surface area contributed by atoms with Crippen LogP contribution >= 0.6 is 11.8 Å². The topological polar surface area (TPSA) is 312 Å². The summed E-state index contributed by atoms with van der Waals surface area (Å²) in [4.78, 5) is 177. The molecule has 0 bridgehead atoms. The number of allylic oxidation sites excluding steroid dienone is 2. The van der Waals surface area contributed by atoms with E-state index in [-0.39, 0.29) is 62.2 Å². The molecule has 1 aromatic rings. The normalized spacial score (nSPS) is 26.4. The highest BCUT2D eigenvalue weighted by Crippen LogP contribution is 2.29. The second kappa shape index (κ2) is 38.0. The Kier molecular flexibility index (Phi) is 33.7. The van der Waals surface area contributed by atoms with Crippen molar-refractivity contribution in [2.45, 2.75) is 226 Å². The van der Waals surface area contributed by atoms with Gasteiger partial charge >= 0.3 is 0 Å². The Morgan fingerprint density at radius 2 is 0.946 bits per heavy atom. The third-order valence-corrected chi connectivity index (χ3v) is 18.4. The number of rotatable bonds is 18. The van der Waals surface area contributed by atoms with Crippen LogP contribution < -0.4 is 21.3 Å². The smallest absolute Gasteiger partial charge is 0.256 e. The van der Waals surface area contributed by atoms with Gasteiger partial charge < -0.3 is 65.8 Å². The molecule has 6 N–H and O–H groups in total. The number of aliphatic hydroxyl groups is 2. The molecule has 1 aliphatic rings. The van der Waals surface area contributed by atoms with E-state index in [1.54, 1.807) is 78.8 Å². The van der Waals surface area contributed by atoms with E-state index < -0.39 is 161 Å². The maximum absolute atomic E-state index is 15.3. The zero-order chi connectivity index (χ0) is 71.4. The number of hydrogen-bond donors (Lipinski definition) is 6. The van der Waals surface area contributed by atoms with Gasteiger partial charge in [0.05, 0.1) is 17.7 Å². The van der Waals surface area contributed by atoms with Crippen LogP contribution in [0.3, 0.4) is 0 Å². The fourth-order valence-electron chi connectivity index (χ4n) is 11.4. The quantitative estimate of drug-likeness (QED) is 0.114. The first-order chi connectivity index (χ1) is 43.2. The van der Waals surface area contributed by atoms with Gasteiger partial charge in [0.25, 0.3) is 5.91 Å². The standard InChI is InChI=1S/C67H114N12O13S/c1-24-26-29-43(15)55(81)54-59(85)70-45(25-2)60(86)79(23)67(93-51-30-27-28-31-68-51)66(92)74(18)48(33-38(5)6)58(84)72-52(41(11)12)64(90)73(17)47(32-37(3)4)57(83)69-44(16)56(82)71-46(36-80)61(87)75(19)49(34-39(7)8)62(88)76(20)50(35-40(9)10)63(89)77(21)53(42(13)14)65(91)78(54)22/h24,26-28,30-31,37-50,52-55,67,80-81H,25,29,32-36H2,1-23H3,(H,69,83)(H,70,85)(H,71,82)(H,72,84)/b26-24+/t43-,44+,45+,46-,47+,48+,49+,50+,52+,53+,54+,55-,67?/m1/s1. The molecule has 26 heteroatoms. The Labute approximate surface area is 558 Å². The number of likely N-dealkylation sites (N-methyl/N-ethyl adjacent to an activating group) is 7. The molecule has 1 aromatic heterocycles. The molecule has 1 aliphatic heterocycles. The lowest BCUT2D eigenvalue weighted by atomic mass is 9.91. The Morgan fingerprint density at radius 3 is 1.40 bits per heavy atom. The summed E-state index contributed by atoms with van der Waals surface area (Å²) in [5.74, 6) is -11.0. The van der Waals surface area contributed by atoms with E-state index in [4.69, 9.17) is 0 Å². The van der Waals surface area contributed by atoms with Crippen LogP contribution in [0.1, 0.15) is 149 Å². The van der Waals surface area contributed by atoms with Crippen molar-refractivity contribution in [2.75, 3.05) is 55.9 Å². The predicted octanol–water partition coefficient (Wildman–Crippen LogP) is 3.75. The molecule has 1 saturated heterocycles. The van der Waals surface area contributed by atoms with Crippen molar-refractivity contribution in [1.82, 2.24) is 60.6 Å². The molecule has 526 valence electrons. The Hall–Kier alpha value is -6.67. The summed E-state index contributed by atoms with van der Waals surface area (Å²) in [6.45, 7) is 27.1. The van der Waals surface area contributed by atoms with Crippen LogP contribution in [-0.2, 0) is 52.7 Å². The molecule has 0 saturated carbocycles. The first-order valence-electron chi connectivity index (χ1n) is 32.8. The van der Waals surface area contributed by atoms with Crippen molar-refractivity contribution in [1.29, 1.82) is 0 Å². The van der Waals surface area contributed by atoms with Gasteiger partial charge in [-0.05, 0) is 106 Å². The van der Waals surface area contributed by atoms with E-state index in [1.807, 2.05) is 55.4 Å². The number of nitrogens with zero attached hydrogens (tertiary/aromatic N) is 8. The molecule has 11 amide bonds. The number of carbonyl (C=O) groups is 11. The fraction of sp³-hybridized carbons (Fsp3) is 0.731. The number of aromatic nitrogens is 1. The highest BCUT2D eigenvalue weighted by Gasteiger charge is 2.47. The minimum absolute atomic E-state index is 0.0426. The second-order valence-corrected chi connectivity index (χ2v) is 28.5. The average molecular weight is 1330 g/mol. The highest BCUT2D eigenvalue weighted by atomic mass is 32.2. The van der Waals surface area contributed by atoms with Crippen LogP contribution in [0.5, 0.6) is 0 Å². The monoisotopic (exact) mass is 1330 g/mol. The van der Waals surface area contributed by atoms with Crippen LogP contribution in [0.25, 0.3) is 0 Å². The molecule has 93 heavy (non-hydrogen) atoms. The lowest BCUT2D eigenvalue weighted by Crippen LogP contribution is -2.64. The lowest BCUT2D eigenvalue weighted by molar-refractivity contribution is -0.157. The molecule has 13 atom stereocenters. The molecular weight excluding hydrogens is 1210 g/mol. The summed E-state index contributed by atoms with van der Waals surface area (Å²) < 4.78 is 0. The maximum Gasteiger partial charge on any atom is 0.256 e. The van der Waals surface area contributed by atoms with Crippen LogP contribution in [0, 0.1) is 41.4 Å². The summed E-state index contributed by atoms with van der Waals surface area (Å²) in [7, 11) is 9.71. The maximum atomic E-state index is 15.3. The van der Waals surface area contributed by atoms with Crippen molar-refractivity contribution in [3.8, 4) is 0 Å². The Balaban J connectivity index is 3.14. The highest BCUT2D eigenvalue weighted by molar-refractivity contribution is 8.00. The minimum Gasteiger partial charge on any atom is -0.394 e. The molecule has 2 heterocycles. The van der Waals surface area contributed by atoms with Crippen LogP contribution in [0.2, 0.25) is 0 Å². The van der Waals surface area contributed by atoms with Crippen LogP contribution in [0.4, 0.5) is 0 Å². The number of aliphatic hydroxyl groups excluding tert-OH is 2. The van der Waals surface area contributed by atoms with Crippen molar-refractivity contribution >= 4 is 76.7 Å². The first-order valence-corrected chi connectivity index (χ1v) is 33.7. The largest absolute Gasteiger partial charge is 0.394 e. The zero-order valence-electron chi connectivity index (χ0n) is 59.8. The van der Waals surface area contributed by atoms with E-state index in [2.05, 4.69) is 26.3 Å². The summed E-state index contributed by atoms with van der Waals surface area (Å²) >= 11 is 0.915. The van der Waals surface area contributed by atoms with Crippen molar-refractivity contribution in [2.24, 2.45) is 41.4 Å². The third kappa shape index (κ3) is 22.8. The molecule has 25 nitrogen and oxygen atoms in total. The molecule has 1 fully saturated rings. The van der Waals surface area contributed by atoms with Crippen LogP contribution in [-0.4, -0.2) is 242 Å². The van der Waals surface area contributed by atoms with Crippen molar-refractivity contribution < 1.29 is 63.0 Å². The van der Waals surface area contributed by atoms with Crippen molar-refractivity contribution in [3.63, 3.8) is 0 Å². The van der Waals surface area contributed by atoms with Gasteiger partial charge in [-0.25, -0.2) is 4.98 Å². The van der Waals surface area contributed by atoms with Crippen molar-refractivity contribution in [3.05, 3.63) is 36.5 Å². The average Bonchev–Trinajstić information content (AvgIpc) is 0.857. The molecule has 2 rings (SSSR count). The summed E-state index contributed by atoms with van der Waals surface area (Å²) in [6.07, 6.45) is 4.11. The number of carbonyl (C=O) groups excluding carboxylic acids is 11. The Morgan fingerprint density at radius 1 is 0.505 bits per heavy atom. The SMILES string of the molecule is C/C=C/C[C@@H](C)[C@@H](O)[C@H]1C(=O)N[C@@H](CC)C(=O)N(C)C(Sc2ccccn2)C(=O)N(C)[C@@H](CC(C)C)C(=O)N[C@@H](C(C)C)C(=O)N(C)[C@@H](CC(C)C)C(=O)N[C@@H](C)C(=O)N[C@H](CO)C(=O)N(C)[C@@H](CC(C)C)C(=O)N(C)[C@@H](CC(C)C)C(=O)N(C)[C@@H](C(C)C)C(=O)N1C. The van der Waals surface area contributed by atoms with Gasteiger partial charge in [-0.2, -0.15) is 0 Å². The minimum atomic E-state index is -1.68. The molecular formula is C67H114N12O13S. The van der Waals surface area contributed by atoms with E-state index in [0.717, 1.165) is 26.5 Å². The molecule has 0 spiro atoms. The van der Waals surface area contributed by atoms with Gasteiger partial charge in [0.15, 0.2) is 5.37 Å². The van der Waals surface area contributed by atoms with Crippen LogP contribution in [0.15, 0.2) is 41.6 Å². The number of hydrogen-bond acceptors (Lipinski definition) is 15. The molecule has 1 unspecified atom stereocenters. The number of amides is 11. The van der Waals surface area contributed by atoms with Gasteiger partial charge in [0.2, 0.25) is 59.1 Å².